The third kappa shape index (κ3) is 398. The summed E-state index contributed by atoms with van der Waals surface area (Å²) in [5.41, 5.74) is 0. The summed E-state index contributed by atoms with van der Waals surface area (Å²) < 4.78 is 15.4. The second-order valence-electron chi connectivity index (χ2n) is 1.33. The minimum Gasteiger partial charge on any atom is -0.471 e. The molecular weight excluding hydrogens is 224 g/mol. The van der Waals surface area contributed by atoms with Crippen molar-refractivity contribution in [3.05, 3.63) is 0 Å². The van der Waals surface area contributed by atoms with E-state index in [1.165, 1.54) is 28.4 Å². The molecule has 0 aliphatic carbocycles. The van der Waals surface area contributed by atoms with Gasteiger partial charge in [-0.05, 0) is 0 Å². The van der Waals surface area contributed by atoms with Gasteiger partial charge in [0, 0.05) is 0 Å². The van der Waals surface area contributed by atoms with Crippen LogP contribution in [0, 0.1) is 0 Å². The molecule has 0 saturated carbocycles. The summed E-state index contributed by atoms with van der Waals surface area (Å²) in [5, 5.41) is 0. The van der Waals surface area contributed by atoms with E-state index in [1.54, 1.807) is 0 Å². The third-order valence-electron chi connectivity index (χ3n) is 0.385. The Morgan fingerprint density at radius 1 is 0.500 bits per heavy atom. The van der Waals surface area contributed by atoms with Crippen molar-refractivity contribution in [2.75, 3.05) is 28.4 Å². The topological polar surface area (TPSA) is 105 Å². The van der Waals surface area contributed by atoms with Crippen LogP contribution in [-0.2, 0) is 38.1 Å². The molecule has 0 unspecified atom stereocenters. The van der Waals surface area contributed by atoms with Crippen LogP contribution in [0.5, 0.6) is 0 Å². The van der Waals surface area contributed by atoms with Gasteiger partial charge in [-0.1, -0.05) is 0 Å². The maximum atomic E-state index is 8.95. The molecule has 0 radical (unpaired) electrons. The quantitative estimate of drug-likeness (QED) is 0.462. The zero-order valence-electron chi connectivity index (χ0n) is 9.58. The van der Waals surface area contributed by atoms with Crippen LogP contribution in [0.4, 0.5) is 0 Å². The lowest BCUT2D eigenvalue weighted by atomic mass is 11.5. The van der Waals surface area contributed by atoms with E-state index < -0.39 is 0 Å². The molecule has 0 aliphatic heterocycles. The van der Waals surface area contributed by atoms with Crippen molar-refractivity contribution < 1.29 is 38.1 Å². The lowest BCUT2D eigenvalue weighted by Gasteiger charge is -1.67. The Morgan fingerprint density at radius 3 is 0.562 bits per heavy atom. The Morgan fingerprint density at radius 2 is 0.562 bits per heavy atom. The zero-order chi connectivity index (χ0) is 13.7. The van der Waals surface area contributed by atoms with Crippen LogP contribution in [0.25, 0.3) is 0 Å². The fraction of sp³-hybridized carbons (Fsp3) is 0.500. The van der Waals surface area contributed by atoms with Crippen molar-refractivity contribution in [2.24, 2.45) is 0 Å². The minimum atomic E-state index is 0.375. The number of methoxy groups -OCH3 is 4. The first-order valence-corrected chi connectivity index (χ1v) is 3.52. The van der Waals surface area contributed by atoms with E-state index in [9.17, 15) is 0 Å². The Hall–Kier alpha value is -2.12. The van der Waals surface area contributed by atoms with Crippen molar-refractivity contribution in [1.29, 1.82) is 0 Å². The Balaban J connectivity index is -0.0000000600. The Kier molecular flexibility index (Phi) is 77.5. The highest BCUT2D eigenvalue weighted by atomic mass is 16.5. The van der Waals surface area contributed by atoms with Gasteiger partial charge in [-0.15, -0.1) is 0 Å². The molecule has 0 rings (SSSR count). The van der Waals surface area contributed by atoms with Crippen molar-refractivity contribution in [1.82, 2.24) is 0 Å². The minimum absolute atomic E-state index is 0.375. The van der Waals surface area contributed by atoms with E-state index in [4.69, 9.17) is 19.2 Å². The second kappa shape index (κ2) is 52.6. The molecule has 0 N–H and O–H groups in total. The van der Waals surface area contributed by atoms with Crippen LogP contribution >= 0.6 is 0 Å². The van der Waals surface area contributed by atoms with Gasteiger partial charge < -0.3 is 18.9 Å². The van der Waals surface area contributed by atoms with Crippen LogP contribution in [0.2, 0.25) is 0 Å². The van der Waals surface area contributed by atoms with Crippen LogP contribution < -0.4 is 0 Å². The van der Waals surface area contributed by atoms with Crippen molar-refractivity contribution in [3.8, 4) is 0 Å². The first-order chi connectivity index (χ1) is 7.66. The van der Waals surface area contributed by atoms with Gasteiger partial charge in [-0.25, -0.2) is 0 Å². The van der Waals surface area contributed by atoms with E-state index in [1.807, 2.05) is 0 Å². The normalized spacial score (nSPS) is 5.25. The molecule has 0 aromatic heterocycles. The molecule has 96 valence electrons. The van der Waals surface area contributed by atoms with Crippen molar-refractivity contribution >= 4 is 25.9 Å². The fourth-order valence-corrected chi connectivity index (χ4v) is 0. The van der Waals surface area contributed by atoms with Crippen LogP contribution in [-0.4, -0.2) is 54.3 Å². The molecule has 0 aliphatic rings. The monoisotopic (exact) mass is 240 g/mol. The van der Waals surface area contributed by atoms with E-state index in [2.05, 4.69) is 18.9 Å². The lowest BCUT2D eigenvalue weighted by Crippen LogP contribution is -1.68. The van der Waals surface area contributed by atoms with Gasteiger partial charge in [-0.3, -0.25) is 19.2 Å². The smallest absolute Gasteiger partial charge is 0.292 e. The van der Waals surface area contributed by atoms with Gasteiger partial charge in [-0.2, -0.15) is 0 Å². The maximum Gasteiger partial charge on any atom is 0.292 e. The average molecular weight is 240 g/mol. The first kappa shape index (κ1) is 23.6. The largest absolute Gasteiger partial charge is 0.471 e. The zero-order valence-corrected chi connectivity index (χ0v) is 9.58. The summed E-state index contributed by atoms with van der Waals surface area (Å²) in [6.07, 6.45) is 0. The molecule has 0 saturated heterocycles. The van der Waals surface area contributed by atoms with Gasteiger partial charge in [0.15, 0.2) is 0 Å². The molecule has 0 amide bonds. The van der Waals surface area contributed by atoms with Gasteiger partial charge in [0.25, 0.3) is 25.9 Å². The molecule has 0 aromatic carbocycles. The number of hydrogen-bond acceptors (Lipinski definition) is 8. The number of ether oxygens (including phenoxy) is 4. The predicted molar refractivity (Wildman–Crippen MR) is 52.3 cm³/mol. The van der Waals surface area contributed by atoms with Gasteiger partial charge in [0.05, 0.1) is 28.4 Å². The summed E-state index contributed by atoms with van der Waals surface area (Å²) in [6.45, 7) is 1.50. The van der Waals surface area contributed by atoms with E-state index in [0.29, 0.717) is 25.9 Å². The van der Waals surface area contributed by atoms with Crippen LogP contribution in [0.3, 0.4) is 0 Å². The summed E-state index contributed by atoms with van der Waals surface area (Å²) in [6, 6.07) is 0. The summed E-state index contributed by atoms with van der Waals surface area (Å²) in [4.78, 5) is 35.8. The molecule has 8 heteroatoms. The molecule has 0 atom stereocenters. The number of carbonyl (C=O) groups is 4. The molecule has 0 heterocycles. The number of rotatable bonds is 4. The van der Waals surface area contributed by atoms with Gasteiger partial charge >= 0.3 is 0 Å². The Labute approximate surface area is 93.4 Å². The SMILES string of the molecule is COC=O.COC=O.COC=O.COC=O. The lowest BCUT2D eigenvalue weighted by molar-refractivity contribution is -0.126. The first-order valence-electron chi connectivity index (χ1n) is 3.52. The molecule has 16 heavy (non-hydrogen) atoms. The molecule has 0 bridgehead atoms. The molecule has 0 aromatic rings. The van der Waals surface area contributed by atoms with E-state index in [-0.39, 0.29) is 0 Å². The molecular formula is C8H16O8. The summed E-state index contributed by atoms with van der Waals surface area (Å²) in [7, 11) is 5.25. The molecule has 0 fully saturated rings. The fourth-order valence-electron chi connectivity index (χ4n) is 0. The van der Waals surface area contributed by atoms with Crippen LogP contribution in [0.15, 0.2) is 0 Å². The molecule has 0 spiro atoms. The highest BCUT2D eigenvalue weighted by Crippen LogP contribution is 1.36. The predicted octanol–water partition coefficient (Wildman–Crippen LogP) is -0.843. The number of carbonyl (C=O) groups excluding carboxylic acids is 4. The van der Waals surface area contributed by atoms with E-state index >= 15 is 0 Å². The standard InChI is InChI=1S/4C2H4O2/c4*1-4-2-3/h4*2H,1H3. The van der Waals surface area contributed by atoms with Gasteiger partial charge in [0.1, 0.15) is 0 Å². The van der Waals surface area contributed by atoms with Crippen molar-refractivity contribution in [2.45, 2.75) is 0 Å². The Bertz CT molecular complexity index is 104. The van der Waals surface area contributed by atoms with Crippen molar-refractivity contribution in [3.63, 3.8) is 0 Å². The highest BCUT2D eigenvalue weighted by Gasteiger charge is 1.45. The van der Waals surface area contributed by atoms with Crippen LogP contribution in [0.1, 0.15) is 0 Å². The van der Waals surface area contributed by atoms with Gasteiger partial charge in [0.2, 0.25) is 0 Å². The van der Waals surface area contributed by atoms with E-state index in [0.717, 1.165) is 0 Å². The molecule has 8 nitrogen and oxygen atoms in total. The summed E-state index contributed by atoms with van der Waals surface area (Å²) >= 11 is 0. The third-order valence-corrected chi connectivity index (χ3v) is 0.385. The summed E-state index contributed by atoms with van der Waals surface area (Å²) in [5.74, 6) is 0. The second-order valence-corrected chi connectivity index (χ2v) is 1.33. The maximum absolute atomic E-state index is 8.95. The highest BCUT2D eigenvalue weighted by molar-refractivity contribution is 5.36. The number of hydrogen-bond donors (Lipinski definition) is 0. The average Bonchev–Trinajstić information content (AvgIpc) is 2.39.